The Morgan fingerprint density at radius 3 is 2.22 bits per heavy atom. The second kappa shape index (κ2) is 3.14. The Morgan fingerprint density at radius 2 is 2.11 bits per heavy atom. The van der Waals surface area contributed by atoms with Gasteiger partial charge in [-0.1, -0.05) is 6.92 Å². The molecule has 0 aliphatic heterocycles. The molecule has 0 aromatic rings. The predicted molar refractivity (Wildman–Crippen MR) is 34.2 cm³/mol. The van der Waals surface area contributed by atoms with Crippen molar-refractivity contribution in [1.82, 2.24) is 0 Å². The first-order valence-electron chi connectivity index (χ1n) is 2.59. The third-order valence-electron chi connectivity index (χ3n) is 0.701. The third kappa shape index (κ3) is 5.75. The quantitative estimate of drug-likeness (QED) is 0.444. The zero-order valence-corrected chi connectivity index (χ0v) is 6.31. The summed E-state index contributed by atoms with van der Waals surface area (Å²) in [5.41, 5.74) is 5.16. The van der Waals surface area contributed by atoms with Crippen LogP contribution in [0, 0.1) is 0 Å². The Hall–Kier alpha value is -0.130. The molecule has 0 saturated heterocycles. The molecule has 0 aliphatic carbocycles. The van der Waals surface area contributed by atoms with E-state index in [-0.39, 0.29) is 0 Å². The minimum absolute atomic E-state index is 0.493. The predicted octanol–water partition coefficient (Wildman–Crippen LogP) is -0.343. The highest BCUT2D eigenvalue weighted by molar-refractivity contribution is 7.86. The van der Waals surface area contributed by atoms with E-state index in [1.807, 2.05) is 0 Å². The van der Waals surface area contributed by atoms with Crippen molar-refractivity contribution in [3.05, 3.63) is 0 Å². The summed E-state index contributed by atoms with van der Waals surface area (Å²) in [5, 5.41) is 0. The summed E-state index contributed by atoms with van der Waals surface area (Å²) in [4.78, 5) is 0. The van der Waals surface area contributed by atoms with Crippen LogP contribution in [0.2, 0.25) is 0 Å². The summed E-state index contributed by atoms with van der Waals surface area (Å²) in [5.74, 6) is 0. The van der Waals surface area contributed by atoms with Gasteiger partial charge in [0.25, 0.3) is 10.1 Å². The summed E-state index contributed by atoms with van der Waals surface area (Å²) in [6.45, 7) is 1.75. The van der Waals surface area contributed by atoms with E-state index >= 15 is 0 Å². The molecule has 5 heteroatoms. The molecule has 9 heavy (non-hydrogen) atoms. The van der Waals surface area contributed by atoms with Gasteiger partial charge in [-0.25, -0.2) is 0 Å². The fraction of sp³-hybridized carbons (Fsp3) is 1.00. The molecule has 0 aromatic carbocycles. The van der Waals surface area contributed by atoms with Gasteiger partial charge in [0.05, 0.1) is 6.26 Å². The number of hydrogen-bond acceptors (Lipinski definition) is 4. The first-order chi connectivity index (χ1) is 3.95. The van der Waals surface area contributed by atoms with E-state index in [1.165, 1.54) is 0 Å². The summed E-state index contributed by atoms with van der Waals surface area (Å²) < 4.78 is 24.9. The fourth-order valence-electron chi connectivity index (χ4n) is 0.293. The number of hydrogen-bond donors (Lipinski definition) is 1. The Labute approximate surface area is 55.1 Å². The Morgan fingerprint density at radius 1 is 1.67 bits per heavy atom. The maximum Gasteiger partial charge on any atom is 0.265 e. The number of rotatable bonds is 3. The van der Waals surface area contributed by atoms with E-state index in [0.717, 1.165) is 6.26 Å². The Bertz CT molecular complexity index is 163. The van der Waals surface area contributed by atoms with Crippen LogP contribution >= 0.6 is 0 Å². The zero-order chi connectivity index (χ0) is 7.49. The average Bonchev–Trinajstić information content (AvgIpc) is 1.62. The molecule has 0 bridgehead atoms. The molecule has 0 amide bonds. The van der Waals surface area contributed by atoms with Crippen LogP contribution in [-0.4, -0.2) is 20.9 Å². The van der Waals surface area contributed by atoms with Crippen LogP contribution in [0.5, 0.6) is 0 Å². The minimum Gasteiger partial charge on any atom is -0.305 e. The summed E-state index contributed by atoms with van der Waals surface area (Å²) >= 11 is 0. The summed E-state index contributed by atoms with van der Waals surface area (Å²) in [6, 6.07) is 0. The normalized spacial score (nSPS) is 15.4. The van der Waals surface area contributed by atoms with Crippen LogP contribution < -0.4 is 5.73 Å². The lowest BCUT2D eigenvalue weighted by molar-refractivity contribution is 0.215. The molecule has 1 atom stereocenters. The van der Waals surface area contributed by atoms with E-state index in [2.05, 4.69) is 4.18 Å². The van der Waals surface area contributed by atoms with Gasteiger partial charge < -0.3 is 5.73 Å². The molecule has 0 saturated carbocycles. The van der Waals surface area contributed by atoms with Crippen molar-refractivity contribution in [2.24, 2.45) is 5.73 Å². The van der Waals surface area contributed by atoms with Crippen LogP contribution in [0.25, 0.3) is 0 Å². The summed E-state index contributed by atoms with van der Waals surface area (Å²) in [6.07, 6.45) is 0.773. The summed E-state index contributed by atoms with van der Waals surface area (Å²) in [7, 11) is -3.36. The maximum absolute atomic E-state index is 10.3. The highest BCUT2D eigenvalue weighted by Crippen LogP contribution is 1.93. The monoisotopic (exact) mass is 153 g/mol. The average molecular weight is 153 g/mol. The highest BCUT2D eigenvalue weighted by atomic mass is 32.2. The minimum atomic E-state index is -3.36. The topological polar surface area (TPSA) is 69.4 Å². The lowest BCUT2D eigenvalue weighted by Gasteiger charge is -2.05. The van der Waals surface area contributed by atoms with E-state index in [1.54, 1.807) is 6.92 Å². The molecular formula is C4H11NO3S. The highest BCUT2D eigenvalue weighted by Gasteiger charge is 2.06. The molecule has 0 rings (SSSR count). The van der Waals surface area contributed by atoms with E-state index in [4.69, 9.17) is 5.73 Å². The molecule has 0 fully saturated rings. The molecule has 0 spiro atoms. The van der Waals surface area contributed by atoms with E-state index in [0.29, 0.717) is 6.42 Å². The van der Waals surface area contributed by atoms with Gasteiger partial charge in [-0.2, -0.15) is 8.42 Å². The van der Waals surface area contributed by atoms with Crippen molar-refractivity contribution in [2.45, 2.75) is 19.6 Å². The second-order valence-electron chi connectivity index (χ2n) is 1.75. The van der Waals surface area contributed by atoms with Gasteiger partial charge in [0, 0.05) is 0 Å². The first kappa shape index (κ1) is 8.87. The van der Waals surface area contributed by atoms with Crippen LogP contribution in [0.3, 0.4) is 0 Å². The van der Waals surface area contributed by atoms with Gasteiger partial charge in [0.15, 0.2) is 0 Å². The molecule has 0 aliphatic rings. The first-order valence-corrected chi connectivity index (χ1v) is 4.41. The lowest BCUT2D eigenvalue weighted by atomic mass is 10.5. The molecule has 4 nitrogen and oxygen atoms in total. The fourth-order valence-corrected chi connectivity index (χ4v) is 0.878. The van der Waals surface area contributed by atoms with Crippen LogP contribution in [0.1, 0.15) is 13.3 Å². The van der Waals surface area contributed by atoms with Crippen molar-refractivity contribution in [3.8, 4) is 0 Å². The lowest BCUT2D eigenvalue weighted by Crippen LogP contribution is -2.25. The molecular weight excluding hydrogens is 142 g/mol. The van der Waals surface area contributed by atoms with Gasteiger partial charge in [-0.15, -0.1) is 0 Å². The van der Waals surface area contributed by atoms with Gasteiger partial charge >= 0.3 is 0 Å². The van der Waals surface area contributed by atoms with Crippen molar-refractivity contribution in [2.75, 3.05) is 6.26 Å². The molecule has 1 unspecified atom stereocenters. The van der Waals surface area contributed by atoms with E-state index < -0.39 is 16.3 Å². The molecule has 0 aromatic heterocycles. The van der Waals surface area contributed by atoms with Gasteiger partial charge in [0.2, 0.25) is 0 Å². The molecule has 0 heterocycles. The van der Waals surface area contributed by atoms with Gasteiger partial charge in [-0.3, -0.25) is 4.18 Å². The molecule has 0 radical (unpaired) electrons. The van der Waals surface area contributed by atoms with Crippen molar-refractivity contribution < 1.29 is 12.6 Å². The SMILES string of the molecule is CCC(N)OS(C)(=O)=O. The number of nitrogens with two attached hydrogens (primary N) is 1. The smallest absolute Gasteiger partial charge is 0.265 e. The van der Waals surface area contributed by atoms with Crippen LogP contribution in [-0.2, 0) is 14.3 Å². The largest absolute Gasteiger partial charge is 0.305 e. The van der Waals surface area contributed by atoms with Crippen molar-refractivity contribution >= 4 is 10.1 Å². The van der Waals surface area contributed by atoms with Crippen LogP contribution in [0.15, 0.2) is 0 Å². The molecule has 2 N–H and O–H groups in total. The standard InChI is InChI=1S/C4H11NO3S/c1-3-4(5)8-9(2,6)7/h4H,3,5H2,1-2H3. The Kier molecular flexibility index (Phi) is 3.10. The van der Waals surface area contributed by atoms with Crippen molar-refractivity contribution in [3.63, 3.8) is 0 Å². The van der Waals surface area contributed by atoms with Crippen LogP contribution in [0.4, 0.5) is 0 Å². The van der Waals surface area contributed by atoms with Gasteiger partial charge in [-0.05, 0) is 6.42 Å². The van der Waals surface area contributed by atoms with Gasteiger partial charge in [0.1, 0.15) is 6.23 Å². The molecule has 56 valence electrons. The zero-order valence-electron chi connectivity index (χ0n) is 5.49. The Balaban J connectivity index is 3.75. The van der Waals surface area contributed by atoms with E-state index in [9.17, 15) is 8.42 Å². The maximum atomic E-state index is 10.3. The second-order valence-corrected chi connectivity index (χ2v) is 3.35. The third-order valence-corrected chi connectivity index (χ3v) is 1.30. The van der Waals surface area contributed by atoms with Crippen molar-refractivity contribution in [1.29, 1.82) is 0 Å².